The van der Waals surface area contributed by atoms with Crippen molar-refractivity contribution < 1.29 is 51.9 Å². The minimum atomic E-state index is -4.99. The summed E-state index contributed by atoms with van der Waals surface area (Å²) in [6.45, 7) is 1.10. The molecule has 0 fully saturated rings. The van der Waals surface area contributed by atoms with E-state index in [2.05, 4.69) is 10.2 Å². The van der Waals surface area contributed by atoms with E-state index in [1.54, 1.807) is 0 Å². The maximum atomic E-state index is 11.6. The van der Waals surface area contributed by atoms with Gasteiger partial charge in [0, 0.05) is 0 Å². The van der Waals surface area contributed by atoms with Crippen molar-refractivity contribution in [3.8, 4) is 0 Å². The fourth-order valence-electron chi connectivity index (χ4n) is 2.24. The molecule has 0 saturated heterocycles. The Kier molecular flexibility index (Phi) is 6.42. The lowest BCUT2D eigenvalue weighted by atomic mass is 10.2. The highest BCUT2D eigenvalue weighted by Gasteiger charge is 2.23. The van der Waals surface area contributed by atoms with Crippen LogP contribution in [0.5, 0.6) is 0 Å². The summed E-state index contributed by atoms with van der Waals surface area (Å²) in [7, 11) is -19.8. The van der Waals surface area contributed by atoms with Gasteiger partial charge in [-0.15, -0.1) is 5.11 Å². The SMILES string of the molecule is Cc1cc(S(=O)(=O)O)c(N=Nc2cc(S(=O)(=O)O)cc(S(=O)(=O)O)c2)cc1S(=O)(=O)O. The molecule has 0 radical (unpaired) electrons. The number of aryl methyl sites for hydroxylation is 1. The normalized spacial score (nSPS) is 13.6. The summed E-state index contributed by atoms with van der Waals surface area (Å²) in [5.74, 6) is 0. The average Bonchev–Trinajstić information content (AvgIpc) is 2.56. The van der Waals surface area contributed by atoms with Crippen LogP contribution in [0.1, 0.15) is 5.56 Å². The molecule has 0 spiro atoms. The first-order valence-electron chi connectivity index (χ1n) is 7.41. The first-order chi connectivity index (χ1) is 13.8. The Morgan fingerprint density at radius 1 is 0.581 bits per heavy atom. The molecule has 0 aliphatic heterocycles. The lowest BCUT2D eigenvalue weighted by Gasteiger charge is -2.08. The van der Waals surface area contributed by atoms with Gasteiger partial charge in [0.25, 0.3) is 40.5 Å². The van der Waals surface area contributed by atoms with Gasteiger partial charge in [0.05, 0.1) is 20.4 Å². The molecule has 0 aliphatic rings. The monoisotopic (exact) mass is 516 g/mol. The van der Waals surface area contributed by atoms with Crippen LogP contribution in [0, 0.1) is 6.92 Å². The molecule has 18 heteroatoms. The minimum absolute atomic E-state index is 0.281. The van der Waals surface area contributed by atoms with Crippen LogP contribution in [0.2, 0.25) is 0 Å². The Morgan fingerprint density at radius 2 is 1.03 bits per heavy atom. The predicted molar refractivity (Wildman–Crippen MR) is 101 cm³/mol. The highest BCUT2D eigenvalue weighted by Crippen LogP contribution is 2.32. The summed E-state index contributed by atoms with van der Waals surface area (Å²) < 4.78 is 128. The summed E-state index contributed by atoms with van der Waals surface area (Å²) in [6.07, 6.45) is 0. The van der Waals surface area contributed by atoms with E-state index in [4.69, 9.17) is 9.11 Å². The molecule has 0 aliphatic carbocycles. The van der Waals surface area contributed by atoms with Crippen LogP contribution in [-0.4, -0.2) is 51.9 Å². The summed E-state index contributed by atoms with van der Waals surface area (Å²) in [4.78, 5) is -3.77. The molecular weight excluding hydrogens is 504 g/mol. The Balaban J connectivity index is 2.80. The van der Waals surface area contributed by atoms with Crippen molar-refractivity contribution in [2.75, 3.05) is 0 Å². The molecular formula is C13H12N2O12S4. The fraction of sp³-hybridized carbons (Fsp3) is 0.0769. The molecule has 2 aromatic rings. The van der Waals surface area contributed by atoms with Crippen LogP contribution in [0.25, 0.3) is 0 Å². The van der Waals surface area contributed by atoms with Gasteiger partial charge < -0.3 is 0 Å². The van der Waals surface area contributed by atoms with E-state index in [1.807, 2.05) is 0 Å². The topological polar surface area (TPSA) is 242 Å². The zero-order valence-electron chi connectivity index (χ0n) is 15.0. The lowest BCUT2D eigenvalue weighted by Crippen LogP contribution is -2.05. The zero-order valence-corrected chi connectivity index (χ0v) is 18.2. The van der Waals surface area contributed by atoms with Crippen molar-refractivity contribution in [1.29, 1.82) is 0 Å². The Labute approximate surface area is 176 Å². The average molecular weight is 517 g/mol. The standard InChI is InChI=1S/C13H12N2O12S4/c1-7-2-13(31(25,26)27)11(6-12(7)30(22,23)24)15-14-8-3-9(28(16,17)18)5-10(4-8)29(19,20)21/h2-6H,1H3,(H,16,17,18)(H,19,20,21)(H,22,23,24)(H,25,26,27). The summed E-state index contributed by atoms with van der Waals surface area (Å²) in [5.41, 5.74) is -1.75. The Morgan fingerprint density at radius 3 is 1.42 bits per heavy atom. The first kappa shape index (κ1) is 24.9. The third-order valence-electron chi connectivity index (χ3n) is 3.55. The van der Waals surface area contributed by atoms with E-state index in [1.165, 1.54) is 0 Å². The Hall–Kier alpha value is -2.32. The number of hydrogen-bond acceptors (Lipinski definition) is 10. The van der Waals surface area contributed by atoms with Gasteiger partial charge in [-0.05, 0) is 42.8 Å². The second kappa shape index (κ2) is 7.98. The highest BCUT2D eigenvalue weighted by molar-refractivity contribution is 7.87. The van der Waals surface area contributed by atoms with Crippen LogP contribution >= 0.6 is 0 Å². The van der Waals surface area contributed by atoms with E-state index < -0.39 is 71.4 Å². The smallest absolute Gasteiger partial charge is 0.282 e. The van der Waals surface area contributed by atoms with E-state index in [9.17, 15) is 42.8 Å². The maximum absolute atomic E-state index is 11.6. The summed E-state index contributed by atoms with van der Waals surface area (Å²) in [5, 5.41) is 6.74. The van der Waals surface area contributed by atoms with Crippen LogP contribution in [0.3, 0.4) is 0 Å². The second-order valence-electron chi connectivity index (χ2n) is 5.85. The van der Waals surface area contributed by atoms with Gasteiger partial charge in [-0.25, -0.2) is 0 Å². The number of rotatable bonds is 6. The lowest BCUT2D eigenvalue weighted by molar-refractivity contribution is 0.478. The van der Waals surface area contributed by atoms with Gasteiger partial charge in [-0.1, -0.05) is 0 Å². The largest absolute Gasteiger partial charge is 0.296 e. The van der Waals surface area contributed by atoms with E-state index in [0.717, 1.165) is 6.92 Å². The predicted octanol–water partition coefficient (Wildman–Crippen LogP) is 1.40. The van der Waals surface area contributed by atoms with Gasteiger partial charge in [-0.3, -0.25) is 18.2 Å². The van der Waals surface area contributed by atoms with Gasteiger partial charge in [0.2, 0.25) is 0 Å². The summed E-state index contributed by atoms with van der Waals surface area (Å²) in [6, 6.07) is 2.78. The van der Waals surface area contributed by atoms with E-state index in [-0.39, 0.29) is 5.56 Å². The quantitative estimate of drug-likeness (QED) is 0.314. The number of benzene rings is 2. The van der Waals surface area contributed by atoms with Gasteiger partial charge in [-0.2, -0.15) is 38.8 Å². The van der Waals surface area contributed by atoms with Crippen molar-refractivity contribution in [2.24, 2.45) is 10.2 Å². The van der Waals surface area contributed by atoms with Gasteiger partial charge in [0.15, 0.2) is 0 Å². The van der Waals surface area contributed by atoms with E-state index in [0.29, 0.717) is 30.3 Å². The molecule has 2 rings (SSSR count). The van der Waals surface area contributed by atoms with Crippen LogP contribution in [0.15, 0.2) is 60.1 Å². The Bertz CT molecular complexity index is 1470. The third kappa shape index (κ3) is 6.11. The molecule has 31 heavy (non-hydrogen) atoms. The summed E-state index contributed by atoms with van der Waals surface area (Å²) >= 11 is 0. The minimum Gasteiger partial charge on any atom is -0.282 e. The molecule has 4 N–H and O–H groups in total. The van der Waals surface area contributed by atoms with Crippen LogP contribution in [0.4, 0.5) is 11.4 Å². The molecule has 0 amide bonds. The van der Waals surface area contributed by atoms with Crippen molar-refractivity contribution in [3.05, 3.63) is 35.9 Å². The van der Waals surface area contributed by atoms with Gasteiger partial charge >= 0.3 is 0 Å². The first-order valence-corrected chi connectivity index (χ1v) is 13.2. The van der Waals surface area contributed by atoms with Crippen molar-refractivity contribution in [1.82, 2.24) is 0 Å². The highest BCUT2D eigenvalue weighted by atomic mass is 32.2. The molecule has 0 bridgehead atoms. The molecule has 0 heterocycles. The molecule has 0 saturated carbocycles. The van der Waals surface area contributed by atoms with Crippen molar-refractivity contribution in [2.45, 2.75) is 26.5 Å². The third-order valence-corrected chi connectivity index (χ3v) is 7.09. The second-order valence-corrected chi connectivity index (χ2v) is 11.5. The molecule has 0 atom stereocenters. The number of nitrogens with zero attached hydrogens (tertiary/aromatic N) is 2. The number of azo groups is 1. The fourth-order valence-corrected chi connectivity index (χ4v) is 4.82. The van der Waals surface area contributed by atoms with E-state index >= 15 is 0 Å². The maximum Gasteiger partial charge on any atom is 0.296 e. The molecule has 14 nitrogen and oxygen atoms in total. The van der Waals surface area contributed by atoms with Crippen LogP contribution < -0.4 is 0 Å². The molecule has 170 valence electrons. The van der Waals surface area contributed by atoms with Gasteiger partial charge in [0.1, 0.15) is 10.6 Å². The molecule has 2 aromatic carbocycles. The molecule has 0 unspecified atom stereocenters. The number of hydrogen-bond donors (Lipinski definition) is 4. The van der Waals surface area contributed by atoms with Crippen molar-refractivity contribution in [3.63, 3.8) is 0 Å². The van der Waals surface area contributed by atoms with Crippen molar-refractivity contribution >= 4 is 51.8 Å². The van der Waals surface area contributed by atoms with Crippen LogP contribution in [-0.2, 0) is 40.5 Å². The molecule has 0 aromatic heterocycles. The zero-order chi connectivity index (χ0) is 24.0.